The van der Waals surface area contributed by atoms with Gasteiger partial charge in [0, 0.05) is 0 Å². The molecule has 0 amide bonds. The largest absolute Gasteiger partial charge is 0.494 e. The monoisotopic (exact) mass is 392 g/mol. The minimum atomic E-state index is 0.0353. The third-order valence-corrected chi connectivity index (χ3v) is 4.00. The van der Waals surface area contributed by atoms with Gasteiger partial charge in [-0.25, -0.2) is 0 Å². The normalized spacial score (nSPS) is 11.0. The number of nitrogens with two attached hydrogens (primary N) is 2. The zero-order valence-electron chi connectivity index (χ0n) is 16.4. The summed E-state index contributed by atoms with van der Waals surface area (Å²) < 4.78 is 11.5. The number of unbranched alkanes of at least 4 members (excludes halogenated alkanes) is 2. The number of hydrogen-bond donors (Lipinski definition) is 4. The molecule has 6 heteroatoms. The van der Waals surface area contributed by atoms with Crippen molar-refractivity contribution in [2.75, 3.05) is 13.2 Å². The zero-order chi connectivity index (χ0) is 20.9. The molecule has 6 nitrogen and oxygen atoms in total. The molecular weight excluding hydrogens is 364 g/mol. The number of ether oxygens (including phenoxy) is 2. The second-order valence-corrected chi connectivity index (χ2v) is 6.47. The molecule has 0 atom stereocenters. The van der Waals surface area contributed by atoms with Crippen molar-refractivity contribution in [2.45, 2.75) is 19.3 Å². The molecule has 0 heterocycles. The molecule has 0 radical (unpaired) electrons. The Morgan fingerprint density at radius 2 is 1.03 bits per heavy atom. The van der Waals surface area contributed by atoms with Gasteiger partial charge in [-0.1, -0.05) is 36.4 Å². The van der Waals surface area contributed by atoms with Gasteiger partial charge in [-0.05, 0) is 66.8 Å². The third-order valence-electron chi connectivity index (χ3n) is 4.00. The Labute approximate surface area is 171 Å². The summed E-state index contributed by atoms with van der Waals surface area (Å²) in [4.78, 5) is 0. The van der Waals surface area contributed by atoms with E-state index in [0.717, 1.165) is 41.9 Å². The van der Waals surface area contributed by atoms with Gasteiger partial charge in [0.1, 0.15) is 23.2 Å². The van der Waals surface area contributed by atoms with Crippen molar-refractivity contribution in [3.8, 4) is 11.5 Å². The Balaban J connectivity index is 1.58. The summed E-state index contributed by atoms with van der Waals surface area (Å²) in [6, 6.07) is 15.4. The van der Waals surface area contributed by atoms with E-state index in [1.165, 1.54) is 0 Å². The van der Waals surface area contributed by atoms with E-state index >= 15 is 0 Å². The molecule has 6 N–H and O–H groups in total. The molecule has 0 saturated heterocycles. The fourth-order valence-electron chi connectivity index (χ4n) is 2.48. The molecule has 0 unspecified atom stereocenters. The Kier molecular flexibility index (Phi) is 9.02. The van der Waals surface area contributed by atoms with Gasteiger partial charge in [-0.3, -0.25) is 10.8 Å². The minimum absolute atomic E-state index is 0.0353. The lowest BCUT2D eigenvalue weighted by atomic mass is 10.2. The standard InChI is InChI=1S/C23H28N4O2/c24-22(25)14-8-18-4-10-20(11-5-18)28-16-2-1-3-17-29-21-12-6-19(7-13-21)9-15-23(26)27/h4-15H,1-3,16-17H2,(H3,24,25)(H3,26,27)/b14-8+,15-9+. The topological polar surface area (TPSA) is 118 Å². The van der Waals surface area contributed by atoms with Crippen molar-refractivity contribution in [3.63, 3.8) is 0 Å². The summed E-state index contributed by atoms with van der Waals surface area (Å²) in [5, 5.41) is 14.4. The van der Waals surface area contributed by atoms with Crippen LogP contribution in [0.4, 0.5) is 0 Å². The Morgan fingerprint density at radius 3 is 1.38 bits per heavy atom. The van der Waals surface area contributed by atoms with Crippen molar-refractivity contribution in [3.05, 3.63) is 71.8 Å². The molecule has 2 rings (SSSR count). The van der Waals surface area contributed by atoms with Gasteiger partial charge in [0.05, 0.1) is 13.2 Å². The highest BCUT2D eigenvalue weighted by Gasteiger charge is 1.97. The van der Waals surface area contributed by atoms with Gasteiger partial charge in [0.15, 0.2) is 0 Å². The highest BCUT2D eigenvalue weighted by molar-refractivity contribution is 5.93. The molecule has 0 aromatic heterocycles. The van der Waals surface area contributed by atoms with Crippen LogP contribution in [0.1, 0.15) is 30.4 Å². The summed E-state index contributed by atoms with van der Waals surface area (Å²) in [5.74, 6) is 1.74. The van der Waals surface area contributed by atoms with Crippen LogP contribution in [0.3, 0.4) is 0 Å². The predicted molar refractivity (Wildman–Crippen MR) is 120 cm³/mol. The Hall–Kier alpha value is -3.54. The van der Waals surface area contributed by atoms with Crippen molar-refractivity contribution in [1.29, 1.82) is 10.8 Å². The number of rotatable bonds is 12. The molecule has 0 aliphatic heterocycles. The third kappa shape index (κ3) is 9.28. The SMILES string of the molecule is N=C(N)/C=C/c1ccc(OCCCCCOc2ccc(/C=C/C(=N)N)cc2)cc1. The van der Waals surface area contributed by atoms with Crippen LogP contribution in [-0.2, 0) is 0 Å². The van der Waals surface area contributed by atoms with Crippen LogP contribution in [0.2, 0.25) is 0 Å². The Bertz CT molecular complexity index is 769. The quantitative estimate of drug-likeness (QED) is 0.246. The molecule has 2 aromatic rings. The van der Waals surface area contributed by atoms with E-state index in [4.69, 9.17) is 31.8 Å². The molecular formula is C23H28N4O2. The predicted octanol–water partition coefficient (Wildman–Crippen LogP) is 4.21. The van der Waals surface area contributed by atoms with Gasteiger partial charge in [0.25, 0.3) is 0 Å². The van der Waals surface area contributed by atoms with Crippen LogP contribution in [-0.4, -0.2) is 24.9 Å². The molecule has 2 aromatic carbocycles. The van der Waals surface area contributed by atoms with Gasteiger partial charge < -0.3 is 20.9 Å². The first-order valence-corrected chi connectivity index (χ1v) is 9.53. The molecule has 0 spiro atoms. The second-order valence-electron chi connectivity index (χ2n) is 6.47. The van der Waals surface area contributed by atoms with Crippen molar-refractivity contribution in [2.24, 2.45) is 11.5 Å². The van der Waals surface area contributed by atoms with Crippen LogP contribution in [0.15, 0.2) is 60.7 Å². The average Bonchev–Trinajstić information content (AvgIpc) is 2.71. The first kappa shape index (κ1) is 21.8. The smallest absolute Gasteiger partial charge is 0.119 e. The summed E-state index contributed by atoms with van der Waals surface area (Å²) in [6.45, 7) is 1.33. The number of hydrogen-bond acceptors (Lipinski definition) is 4. The van der Waals surface area contributed by atoms with Crippen molar-refractivity contribution < 1.29 is 9.47 Å². The van der Waals surface area contributed by atoms with Crippen LogP contribution >= 0.6 is 0 Å². The van der Waals surface area contributed by atoms with E-state index in [1.807, 2.05) is 48.5 Å². The molecule has 0 bridgehead atoms. The summed E-state index contributed by atoms with van der Waals surface area (Å²) in [7, 11) is 0. The van der Waals surface area contributed by atoms with E-state index in [2.05, 4.69) is 0 Å². The fourth-order valence-corrected chi connectivity index (χ4v) is 2.48. The number of nitrogens with one attached hydrogen (secondary N) is 2. The lowest BCUT2D eigenvalue weighted by molar-refractivity contribution is 0.279. The highest BCUT2D eigenvalue weighted by atomic mass is 16.5. The van der Waals surface area contributed by atoms with Gasteiger partial charge >= 0.3 is 0 Å². The minimum Gasteiger partial charge on any atom is -0.494 e. The molecule has 152 valence electrons. The maximum Gasteiger partial charge on any atom is 0.119 e. The van der Waals surface area contributed by atoms with Gasteiger partial charge in [-0.15, -0.1) is 0 Å². The Morgan fingerprint density at radius 1 is 0.655 bits per heavy atom. The van der Waals surface area contributed by atoms with E-state index in [9.17, 15) is 0 Å². The second kappa shape index (κ2) is 12.0. The number of amidine groups is 2. The molecule has 0 aliphatic rings. The van der Waals surface area contributed by atoms with Crippen molar-refractivity contribution in [1.82, 2.24) is 0 Å². The highest BCUT2D eigenvalue weighted by Crippen LogP contribution is 2.15. The van der Waals surface area contributed by atoms with Crippen LogP contribution in [0.5, 0.6) is 11.5 Å². The van der Waals surface area contributed by atoms with E-state index in [1.54, 1.807) is 24.3 Å². The van der Waals surface area contributed by atoms with E-state index in [0.29, 0.717) is 13.2 Å². The maximum absolute atomic E-state index is 7.18. The van der Waals surface area contributed by atoms with E-state index in [-0.39, 0.29) is 11.7 Å². The molecule has 0 aliphatic carbocycles. The van der Waals surface area contributed by atoms with Gasteiger partial charge in [0.2, 0.25) is 0 Å². The lowest BCUT2D eigenvalue weighted by Gasteiger charge is -2.08. The van der Waals surface area contributed by atoms with Crippen LogP contribution in [0.25, 0.3) is 12.2 Å². The van der Waals surface area contributed by atoms with Gasteiger partial charge in [-0.2, -0.15) is 0 Å². The van der Waals surface area contributed by atoms with Crippen LogP contribution in [0, 0.1) is 10.8 Å². The van der Waals surface area contributed by atoms with E-state index < -0.39 is 0 Å². The molecule has 29 heavy (non-hydrogen) atoms. The molecule has 0 fully saturated rings. The fraction of sp³-hybridized carbons (Fsp3) is 0.217. The van der Waals surface area contributed by atoms with Crippen LogP contribution < -0.4 is 20.9 Å². The molecule has 0 saturated carbocycles. The summed E-state index contributed by atoms with van der Waals surface area (Å²) >= 11 is 0. The average molecular weight is 393 g/mol. The lowest BCUT2D eigenvalue weighted by Crippen LogP contribution is -2.03. The summed E-state index contributed by atoms with van der Waals surface area (Å²) in [5.41, 5.74) is 12.5. The maximum atomic E-state index is 7.18. The number of benzene rings is 2. The van der Waals surface area contributed by atoms with Crippen molar-refractivity contribution >= 4 is 23.8 Å². The first-order chi connectivity index (χ1) is 14.0. The first-order valence-electron chi connectivity index (χ1n) is 9.53. The summed E-state index contributed by atoms with van der Waals surface area (Å²) in [6.07, 6.45) is 9.65. The zero-order valence-corrected chi connectivity index (χ0v) is 16.4.